The van der Waals surface area contributed by atoms with Crippen molar-refractivity contribution in [2.45, 2.75) is 64.8 Å². The van der Waals surface area contributed by atoms with Gasteiger partial charge in [-0.15, -0.1) is 0 Å². The van der Waals surface area contributed by atoms with E-state index in [4.69, 9.17) is 20.2 Å². The summed E-state index contributed by atoms with van der Waals surface area (Å²) < 4.78 is 33.2. The summed E-state index contributed by atoms with van der Waals surface area (Å²) in [7, 11) is 1.83. The van der Waals surface area contributed by atoms with E-state index in [1.165, 1.54) is 0 Å². The van der Waals surface area contributed by atoms with E-state index in [-0.39, 0.29) is 24.1 Å². The highest BCUT2D eigenvalue weighted by Crippen LogP contribution is 2.22. The molecule has 0 bridgehead atoms. The summed E-state index contributed by atoms with van der Waals surface area (Å²) in [5.41, 5.74) is 0. The van der Waals surface area contributed by atoms with Crippen LogP contribution in [0.4, 0.5) is 0 Å². The molecule has 0 spiro atoms. The molecule has 0 aromatic rings. The maximum absolute atomic E-state index is 10.8. The largest absolute Gasteiger partial charge is 0.378 e. The lowest BCUT2D eigenvalue weighted by molar-refractivity contribution is -0.103. The van der Waals surface area contributed by atoms with Gasteiger partial charge in [0.2, 0.25) is 9.05 Å². The Balaban J connectivity index is 2.15. The summed E-state index contributed by atoms with van der Waals surface area (Å²) in [5.74, 6) is 0.351. The second-order valence-corrected chi connectivity index (χ2v) is 8.54. The number of hydrogen-bond donors (Lipinski definition) is 0. The summed E-state index contributed by atoms with van der Waals surface area (Å²) >= 11 is 0. The minimum atomic E-state index is -3.36. The van der Waals surface area contributed by atoms with Gasteiger partial charge in [-0.3, -0.25) is 0 Å². The van der Waals surface area contributed by atoms with Crippen LogP contribution in [0.5, 0.6) is 0 Å². The third kappa shape index (κ3) is 8.12. The summed E-state index contributed by atoms with van der Waals surface area (Å²) in [4.78, 5) is 0. The Kier molecular flexibility index (Phi) is 7.08. The highest BCUT2D eigenvalue weighted by atomic mass is 35.7. The van der Waals surface area contributed by atoms with Crippen LogP contribution in [-0.4, -0.2) is 39.1 Å². The molecule has 0 aromatic heterocycles. The third-order valence-corrected chi connectivity index (χ3v) is 4.66. The van der Waals surface area contributed by atoms with Gasteiger partial charge >= 0.3 is 0 Å². The van der Waals surface area contributed by atoms with Gasteiger partial charge in [-0.2, -0.15) is 0 Å². The molecule has 0 radical (unpaired) electrons. The fourth-order valence-corrected chi connectivity index (χ4v) is 3.35. The van der Waals surface area contributed by atoms with Crippen molar-refractivity contribution in [1.29, 1.82) is 0 Å². The van der Waals surface area contributed by atoms with Gasteiger partial charge in [0.1, 0.15) is 0 Å². The third-order valence-electron chi connectivity index (χ3n) is 3.47. The molecular weight excluding hydrogens is 288 g/mol. The Labute approximate surface area is 121 Å². The molecule has 0 amide bonds. The van der Waals surface area contributed by atoms with Gasteiger partial charge in [0.25, 0.3) is 0 Å². The van der Waals surface area contributed by atoms with E-state index < -0.39 is 9.05 Å². The highest BCUT2D eigenvalue weighted by molar-refractivity contribution is 8.13. The van der Waals surface area contributed by atoms with Crippen LogP contribution in [0.25, 0.3) is 0 Å². The molecule has 1 saturated heterocycles. The first-order chi connectivity index (χ1) is 8.76. The molecule has 0 saturated carbocycles. The molecule has 3 unspecified atom stereocenters. The Morgan fingerprint density at radius 2 is 1.84 bits per heavy atom. The monoisotopic (exact) mass is 312 g/mol. The Morgan fingerprint density at radius 1 is 1.26 bits per heavy atom. The lowest BCUT2D eigenvalue weighted by atomic mass is 10.0. The zero-order chi connectivity index (χ0) is 14.5. The molecule has 1 rings (SSSR count). The average molecular weight is 313 g/mol. The zero-order valence-corrected chi connectivity index (χ0v) is 13.5. The molecule has 0 N–H and O–H groups in total. The number of rotatable bonds is 7. The lowest BCUT2D eigenvalue weighted by Crippen LogP contribution is -2.34. The molecular formula is C13H25ClO4S. The molecule has 114 valence electrons. The highest BCUT2D eigenvalue weighted by Gasteiger charge is 2.24. The van der Waals surface area contributed by atoms with Crippen molar-refractivity contribution in [3.63, 3.8) is 0 Å². The van der Waals surface area contributed by atoms with E-state index in [2.05, 4.69) is 13.8 Å². The summed E-state index contributed by atoms with van der Waals surface area (Å²) in [6, 6.07) is 0. The topological polar surface area (TPSA) is 52.6 Å². The number of halogens is 1. The molecule has 1 aliphatic heterocycles. The first-order valence-corrected chi connectivity index (χ1v) is 9.43. The molecule has 6 heteroatoms. The maximum Gasteiger partial charge on any atom is 0.232 e. The first-order valence-electron chi connectivity index (χ1n) is 6.95. The standard InChI is InChI=1S/C13H25ClO4S/c1-10(5-7-19(14,15)16)4-6-17-13-8-11(2)18-12(3)9-13/h10-13H,4-9H2,1-3H3. The second kappa shape index (κ2) is 7.81. The minimum absolute atomic E-state index is 0.0427. The second-order valence-electron chi connectivity index (χ2n) is 5.65. The summed E-state index contributed by atoms with van der Waals surface area (Å²) in [6.07, 6.45) is 4.12. The van der Waals surface area contributed by atoms with Gasteiger partial charge in [-0.25, -0.2) is 8.42 Å². The predicted octanol–water partition coefficient (Wildman–Crippen LogP) is 2.94. The van der Waals surface area contributed by atoms with Crippen molar-refractivity contribution in [3.8, 4) is 0 Å². The quantitative estimate of drug-likeness (QED) is 0.678. The van der Waals surface area contributed by atoms with Crippen LogP contribution < -0.4 is 0 Å². The zero-order valence-electron chi connectivity index (χ0n) is 12.0. The molecule has 1 fully saturated rings. The molecule has 1 aliphatic rings. The van der Waals surface area contributed by atoms with Crippen LogP contribution >= 0.6 is 10.7 Å². The van der Waals surface area contributed by atoms with Crippen LogP contribution in [-0.2, 0) is 18.5 Å². The molecule has 19 heavy (non-hydrogen) atoms. The SMILES string of the molecule is CC(CCOC1CC(C)OC(C)C1)CCS(=O)(=O)Cl. The van der Waals surface area contributed by atoms with Crippen molar-refractivity contribution in [2.24, 2.45) is 5.92 Å². The van der Waals surface area contributed by atoms with Crippen molar-refractivity contribution < 1.29 is 17.9 Å². The normalized spacial score (nSPS) is 30.2. The van der Waals surface area contributed by atoms with Crippen LogP contribution in [0.15, 0.2) is 0 Å². The molecule has 3 atom stereocenters. The summed E-state index contributed by atoms with van der Waals surface area (Å²) in [6.45, 7) is 6.84. The predicted molar refractivity (Wildman–Crippen MR) is 77.0 cm³/mol. The Hall–Kier alpha value is 0.160. The van der Waals surface area contributed by atoms with E-state index in [1.54, 1.807) is 0 Å². The number of hydrogen-bond acceptors (Lipinski definition) is 4. The van der Waals surface area contributed by atoms with Crippen molar-refractivity contribution >= 4 is 19.7 Å². The lowest BCUT2D eigenvalue weighted by Gasteiger charge is -2.32. The molecule has 0 aliphatic carbocycles. The van der Waals surface area contributed by atoms with Crippen molar-refractivity contribution in [1.82, 2.24) is 0 Å². The fourth-order valence-electron chi connectivity index (χ4n) is 2.40. The Morgan fingerprint density at radius 3 is 2.37 bits per heavy atom. The smallest absolute Gasteiger partial charge is 0.232 e. The van der Waals surface area contributed by atoms with E-state index in [1.807, 2.05) is 6.92 Å². The van der Waals surface area contributed by atoms with Gasteiger partial charge in [0.05, 0.1) is 24.1 Å². The van der Waals surface area contributed by atoms with Gasteiger partial charge in [0, 0.05) is 17.3 Å². The van der Waals surface area contributed by atoms with E-state index in [0.29, 0.717) is 18.9 Å². The van der Waals surface area contributed by atoms with E-state index in [0.717, 1.165) is 19.3 Å². The van der Waals surface area contributed by atoms with Gasteiger partial charge < -0.3 is 9.47 Å². The van der Waals surface area contributed by atoms with Gasteiger partial charge in [0.15, 0.2) is 0 Å². The van der Waals surface area contributed by atoms with Gasteiger partial charge in [-0.1, -0.05) is 6.92 Å². The molecule has 0 aromatic carbocycles. The summed E-state index contributed by atoms with van der Waals surface area (Å²) in [5, 5.41) is 0. The maximum atomic E-state index is 10.8. The minimum Gasteiger partial charge on any atom is -0.378 e. The van der Waals surface area contributed by atoms with E-state index >= 15 is 0 Å². The van der Waals surface area contributed by atoms with Crippen molar-refractivity contribution in [3.05, 3.63) is 0 Å². The first kappa shape index (κ1) is 17.2. The van der Waals surface area contributed by atoms with E-state index in [9.17, 15) is 8.42 Å². The fraction of sp³-hybridized carbons (Fsp3) is 1.00. The van der Waals surface area contributed by atoms with Gasteiger partial charge in [-0.05, 0) is 45.4 Å². The average Bonchev–Trinajstić information content (AvgIpc) is 2.24. The molecule has 4 nitrogen and oxygen atoms in total. The van der Waals surface area contributed by atoms with Crippen molar-refractivity contribution in [2.75, 3.05) is 12.4 Å². The molecule has 1 heterocycles. The van der Waals surface area contributed by atoms with Crippen LogP contribution in [0.3, 0.4) is 0 Å². The Bertz CT molecular complexity index is 348. The van der Waals surface area contributed by atoms with Crippen LogP contribution in [0.1, 0.15) is 46.5 Å². The van der Waals surface area contributed by atoms with Crippen LogP contribution in [0.2, 0.25) is 0 Å². The number of ether oxygens (including phenoxy) is 2. The van der Waals surface area contributed by atoms with Crippen LogP contribution in [0, 0.1) is 5.92 Å².